The van der Waals surface area contributed by atoms with Crippen LogP contribution in [0.3, 0.4) is 0 Å². The third kappa shape index (κ3) is 3.72. The molecular formula is C22H21FN8O3. The number of nitrogens with two attached hydrogens (primary N) is 1. The van der Waals surface area contributed by atoms with Gasteiger partial charge in [0, 0.05) is 26.1 Å². The second-order valence-electron chi connectivity index (χ2n) is 8.08. The quantitative estimate of drug-likeness (QED) is 0.426. The van der Waals surface area contributed by atoms with Gasteiger partial charge in [-0.3, -0.25) is 14.9 Å². The molecule has 3 aromatic heterocycles. The number of rotatable bonds is 5. The first-order chi connectivity index (χ1) is 16.3. The molecule has 0 spiro atoms. The van der Waals surface area contributed by atoms with E-state index in [9.17, 15) is 14.0 Å². The van der Waals surface area contributed by atoms with E-state index in [2.05, 4.69) is 31.9 Å². The molecule has 0 aliphatic carbocycles. The van der Waals surface area contributed by atoms with Gasteiger partial charge in [0.2, 0.25) is 0 Å². The third-order valence-corrected chi connectivity index (χ3v) is 5.83. The van der Waals surface area contributed by atoms with Crippen molar-refractivity contribution in [2.75, 3.05) is 24.1 Å². The number of carbonyl (C=O) groups excluding carboxylic acids is 2. The molecule has 1 atom stereocenters. The largest absolute Gasteiger partial charge is 0.423 e. The fourth-order valence-corrected chi connectivity index (χ4v) is 4.14. The SMILES string of the molecule is C=C(C(C)=O)N1CCC[C@@H](n2nc(C(=O)Nc3nc4cc(F)ccc4o3)c3c(N)ncnc32)C1. The first-order valence-corrected chi connectivity index (χ1v) is 10.6. The Labute approximate surface area is 192 Å². The fourth-order valence-electron chi connectivity index (χ4n) is 4.14. The third-order valence-electron chi connectivity index (χ3n) is 5.83. The Kier molecular flexibility index (Phi) is 5.19. The molecule has 5 rings (SSSR count). The standard InChI is InChI=1S/C22H21FN8O3/c1-11(12(2)32)30-7-3-4-14(9-30)31-20-17(19(24)25-10-26-20)18(29-31)21(33)28-22-27-15-8-13(23)5-6-16(15)34-22/h5-6,8,10,14H,1,3-4,7,9H2,2H3,(H2,24,25,26)(H,27,28,33)/t14-/m1/s1. The highest BCUT2D eigenvalue weighted by atomic mass is 19.1. The van der Waals surface area contributed by atoms with Crippen LogP contribution < -0.4 is 11.1 Å². The van der Waals surface area contributed by atoms with Crippen LogP contribution in [0.1, 0.15) is 36.3 Å². The number of piperidine rings is 1. The summed E-state index contributed by atoms with van der Waals surface area (Å²) in [6.07, 6.45) is 2.88. The predicted molar refractivity (Wildman–Crippen MR) is 121 cm³/mol. The minimum absolute atomic E-state index is 0.00375. The number of halogens is 1. The van der Waals surface area contributed by atoms with Gasteiger partial charge >= 0.3 is 6.01 Å². The second kappa shape index (κ2) is 8.21. The summed E-state index contributed by atoms with van der Waals surface area (Å²) < 4.78 is 20.6. The van der Waals surface area contributed by atoms with Crippen LogP contribution in [0.15, 0.2) is 41.2 Å². The molecular weight excluding hydrogens is 443 g/mol. The number of amides is 1. The molecule has 174 valence electrons. The summed E-state index contributed by atoms with van der Waals surface area (Å²) in [5.74, 6) is -1.10. The molecule has 0 bridgehead atoms. The molecule has 1 aliphatic heterocycles. The van der Waals surface area contributed by atoms with Crippen molar-refractivity contribution in [1.82, 2.24) is 29.6 Å². The number of benzene rings is 1. The molecule has 1 amide bonds. The van der Waals surface area contributed by atoms with Crippen LogP contribution >= 0.6 is 0 Å². The minimum atomic E-state index is -0.627. The lowest BCUT2D eigenvalue weighted by Gasteiger charge is -2.34. The number of hydrogen-bond donors (Lipinski definition) is 2. The van der Waals surface area contributed by atoms with E-state index in [1.807, 2.05) is 4.90 Å². The fraction of sp³-hybridized carbons (Fsp3) is 0.273. The number of likely N-dealkylation sites (tertiary alicyclic amines) is 1. The molecule has 3 N–H and O–H groups in total. The van der Waals surface area contributed by atoms with Crippen LogP contribution in [0.25, 0.3) is 22.1 Å². The zero-order valence-electron chi connectivity index (χ0n) is 18.3. The van der Waals surface area contributed by atoms with E-state index in [4.69, 9.17) is 10.2 Å². The summed E-state index contributed by atoms with van der Waals surface area (Å²) >= 11 is 0. The molecule has 0 unspecified atom stereocenters. The number of Topliss-reactive ketones (excluding diaryl/α,β-unsaturated/α-hetero) is 1. The number of nitrogen functional groups attached to an aromatic ring is 1. The molecule has 0 saturated carbocycles. The van der Waals surface area contributed by atoms with E-state index in [0.717, 1.165) is 12.8 Å². The Bertz CT molecular complexity index is 1460. The van der Waals surface area contributed by atoms with Crippen molar-refractivity contribution >= 4 is 45.7 Å². The lowest BCUT2D eigenvalue weighted by molar-refractivity contribution is -0.115. The number of allylic oxidation sites excluding steroid dienone is 1. The van der Waals surface area contributed by atoms with Crippen molar-refractivity contribution in [3.05, 3.63) is 48.3 Å². The van der Waals surface area contributed by atoms with Crippen molar-refractivity contribution in [2.45, 2.75) is 25.8 Å². The van der Waals surface area contributed by atoms with Gasteiger partial charge in [0.15, 0.2) is 22.7 Å². The number of ketones is 1. The summed E-state index contributed by atoms with van der Waals surface area (Å²) in [4.78, 5) is 39.3. The van der Waals surface area contributed by atoms with Crippen molar-refractivity contribution in [3.8, 4) is 0 Å². The van der Waals surface area contributed by atoms with Crippen molar-refractivity contribution < 1.29 is 18.4 Å². The minimum Gasteiger partial charge on any atom is -0.423 e. The highest BCUT2D eigenvalue weighted by molar-refractivity contribution is 6.12. The highest BCUT2D eigenvalue weighted by Crippen LogP contribution is 2.30. The zero-order chi connectivity index (χ0) is 24.0. The average molecular weight is 464 g/mol. The number of oxazole rings is 1. The van der Waals surface area contributed by atoms with Crippen molar-refractivity contribution in [3.63, 3.8) is 0 Å². The molecule has 1 fully saturated rings. The normalized spacial score (nSPS) is 16.2. The summed E-state index contributed by atoms with van der Waals surface area (Å²) in [6, 6.07) is 3.59. The van der Waals surface area contributed by atoms with E-state index in [1.54, 1.807) is 4.68 Å². The van der Waals surface area contributed by atoms with Crippen LogP contribution in [-0.4, -0.2) is 54.4 Å². The van der Waals surface area contributed by atoms with Crippen LogP contribution in [-0.2, 0) is 4.79 Å². The number of fused-ring (bicyclic) bond motifs is 2. The first-order valence-electron chi connectivity index (χ1n) is 10.6. The number of aromatic nitrogens is 5. The molecule has 1 aromatic carbocycles. The summed E-state index contributed by atoms with van der Waals surface area (Å²) in [5.41, 5.74) is 7.51. The molecule has 4 aromatic rings. The lowest BCUT2D eigenvalue weighted by Crippen LogP contribution is -2.37. The Morgan fingerprint density at radius 2 is 2.15 bits per heavy atom. The van der Waals surface area contributed by atoms with E-state index in [1.165, 1.54) is 31.5 Å². The molecule has 0 radical (unpaired) electrons. The van der Waals surface area contributed by atoms with Gasteiger partial charge in [-0.05, 0) is 25.0 Å². The van der Waals surface area contributed by atoms with E-state index in [0.29, 0.717) is 35.4 Å². The predicted octanol–water partition coefficient (Wildman–Crippen LogP) is 2.68. The molecule has 1 aliphatic rings. The van der Waals surface area contributed by atoms with Gasteiger partial charge in [-0.15, -0.1) is 0 Å². The number of nitrogens with zero attached hydrogens (tertiary/aromatic N) is 6. The number of hydrogen-bond acceptors (Lipinski definition) is 9. The summed E-state index contributed by atoms with van der Waals surface area (Å²) in [5, 5.41) is 7.37. The Hall–Kier alpha value is -4.35. The zero-order valence-corrected chi connectivity index (χ0v) is 18.3. The summed E-state index contributed by atoms with van der Waals surface area (Å²) in [6.45, 7) is 6.55. The lowest BCUT2D eigenvalue weighted by atomic mass is 10.0. The number of carbonyl (C=O) groups is 2. The van der Waals surface area contributed by atoms with Gasteiger partial charge in [0.05, 0.1) is 17.1 Å². The molecule has 34 heavy (non-hydrogen) atoms. The van der Waals surface area contributed by atoms with E-state index in [-0.39, 0.29) is 34.9 Å². The smallest absolute Gasteiger partial charge is 0.302 e. The van der Waals surface area contributed by atoms with Crippen LogP contribution in [0.2, 0.25) is 0 Å². The maximum atomic E-state index is 13.5. The Balaban J connectivity index is 1.49. The Morgan fingerprint density at radius 1 is 1.32 bits per heavy atom. The molecule has 11 nitrogen and oxygen atoms in total. The van der Waals surface area contributed by atoms with Gasteiger partial charge in [-0.2, -0.15) is 10.1 Å². The number of nitrogens with one attached hydrogen (secondary N) is 1. The van der Waals surface area contributed by atoms with Crippen LogP contribution in [0, 0.1) is 5.82 Å². The monoisotopic (exact) mass is 464 g/mol. The van der Waals surface area contributed by atoms with E-state index >= 15 is 0 Å². The van der Waals surface area contributed by atoms with Crippen molar-refractivity contribution in [1.29, 1.82) is 0 Å². The maximum absolute atomic E-state index is 13.5. The van der Waals surface area contributed by atoms with Gasteiger partial charge in [0.25, 0.3) is 5.91 Å². The maximum Gasteiger partial charge on any atom is 0.302 e. The number of anilines is 2. The molecule has 12 heteroatoms. The average Bonchev–Trinajstić information content (AvgIpc) is 3.40. The van der Waals surface area contributed by atoms with Crippen molar-refractivity contribution in [2.24, 2.45) is 0 Å². The van der Waals surface area contributed by atoms with Gasteiger partial charge in [-0.25, -0.2) is 19.0 Å². The molecule has 1 saturated heterocycles. The molecule has 4 heterocycles. The topological polar surface area (TPSA) is 145 Å². The van der Waals surface area contributed by atoms with Gasteiger partial charge < -0.3 is 15.1 Å². The van der Waals surface area contributed by atoms with Crippen LogP contribution in [0.5, 0.6) is 0 Å². The second-order valence-corrected chi connectivity index (χ2v) is 8.08. The first kappa shape index (κ1) is 21.5. The highest BCUT2D eigenvalue weighted by Gasteiger charge is 2.29. The van der Waals surface area contributed by atoms with E-state index < -0.39 is 11.7 Å². The Morgan fingerprint density at radius 3 is 2.94 bits per heavy atom. The van der Waals surface area contributed by atoms with Gasteiger partial charge in [0.1, 0.15) is 23.5 Å². The van der Waals surface area contributed by atoms with Gasteiger partial charge in [-0.1, -0.05) is 6.58 Å². The van der Waals surface area contributed by atoms with Crippen LogP contribution in [0.4, 0.5) is 16.2 Å². The summed E-state index contributed by atoms with van der Waals surface area (Å²) in [7, 11) is 0.